The quantitative estimate of drug-likeness (QED) is 0.561. The Morgan fingerprint density at radius 3 is 1.56 bits per heavy atom. The Kier molecular flexibility index (Phi) is 5.53. The molecule has 0 aliphatic heterocycles. The molecule has 0 amide bonds. The monoisotopic (exact) mass is 410 g/mol. The summed E-state index contributed by atoms with van der Waals surface area (Å²) < 4.78 is -0.296. The van der Waals surface area contributed by atoms with Crippen molar-refractivity contribution in [1.29, 1.82) is 0 Å². The summed E-state index contributed by atoms with van der Waals surface area (Å²) in [5, 5.41) is 0. The van der Waals surface area contributed by atoms with Crippen molar-refractivity contribution < 1.29 is 0 Å². The van der Waals surface area contributed by atoms with E-state index in [2.05, 4.69) is 80.7 Å². The lowest BCUT2D eigenvalue weighted by atomic mass is 9.95. The maximum absolute atomic E-state index is 3.65. The van der Waals surface area contributed by atoms with Gasteiger partial charge in [-0.3, -0.25) is 0 Å². The van der Waals surface area contributed by atoms with Gasteiger partial charge in [-0.15, -0.1) is 0 Å². The third-order valence-corrected chi connectivity index (χ3v) is 4.00. The van der Waals surface area contributed by atoms with Crippen molar-refractivity contribution in [2.45, 2.75) is 42.2 Å². The maximum Gasteiger partial charge on any atom is 0.160 e. The number of hydrogen-bond donors (Lipinski definition) is 0. The molecular formula is C13H17Br3. The first-order valence-electron chi connectivity index (χ1n) is 5.65. The molecule has 0 radical (unpaired) electrons. The molecule has 0 saturated heterocycles. The first-order chi connectivity index (χ1) is 7.43. The molecule has 1 rings (SSSR count). The van der Waals surface area contributed by atoms with Crippen LogP contribution in [0.4, 0.5) is 0 Å². The summed E-state index contributed by atoms with van der Waals surface area (Å²) in [5.41, 5.74) is 5.56. The molecule has 0 bridgehead atoms. The molecule has 0 aliphatic rings. The minimum Gasteiger partial charge on any atom is -0.0613 e. The Labute approximate surface area is 124 Å². The molecule has 0 fully saturated rings. The average Bonchev–Trinajstić information content (AvgIpc) is 2.25. The van der Waals surface area contributed by atoms with Crippen molar-refractivity contribution in [1.82, 2.24) is 0 Å². The second-order valence-corrected chi connectivity index (χ2v) is 10.6. The number of halogens is 3. The molecule has 1 aromatic rings. The van der Waals surface area contributed by atoms with E-state index in [4.69, 9.17) is 0 Å². The van der Waals surface area contributed by atoms with Crippen LogP contribution in [0.15, 0.2) is 12.1 Å². The van der Waals surface area contributed by atoms with Gasteiger partial charge >= 0.3 is 0 Å². The molecule has 90 valence electrons. The molecule has 0 unspecified atom stereocenters. The Hall–Kier alpha value is 0.660. The van der Waals surface area contributed by atoms with Crippen molar-refractivity contribution in [3.63, 3.8) is 0 Å². The summed E-state index contributed by atoms with van der Waals surface area (Å²) in [5.74, 6) is 0. The third-order valence-electron chi connectivity index (χ3n) is 2.82. The van der Waals surface area contributed by atoms with Crippen LogP contribution in [0, 0.1) is 0 Å². The smallest absolute Gasteiger partial charge is 0.0613 e. The highest BCUT2D eigenvalue weighted by atomic mass is 80.0. The van der Waals surface area contributed by atoms with E-state index in [-0.39, 0.29) is 2.14 Å². The summed E-state index contributed by atoms with van der Waals surface area (Å²) in [6, 6.07) is 4.63. The fourth-order valence-electron chi connectivity index (χ4n) is 1.97. The first kappa shape index (κ1) is 14.7. The molecule has 16 heavy (non-hydrogen) atoms. The largest absolute Gasteiger partial charge is 0.160 e. The summed E-state index contributed by atoms with van der Waals surface area (Å²) >= 11 is 10.9. The van der Waals surface area contributed by atoms with E-state index < -0.39 is 0 Å². The fourth-order valence-corrected chi connectivity index (χ4v) is 3.49. The molecule has 0 spiro atoms. The van der Waals surface area contributed by atoms with E-state index >= 15 is 0 Å². The molecule has 0 saturated carbocycles. The van der Waals surface area contributed by atoms with Crippen molar-refractivity contribution >= 4 is 47.8 Å². The zero-order valence-corrected chi connectivity index (χ0v) is 14.7. The van der Waals surface area contributed by atoms with Gasteiger partial charge in [0.2, 0.25) is 0 Å². The Bertz CT molecular complexity index is 339. The van der Waals surface area contributed by atoms with Crippen LogP contribution in [-0.2, 0) is 21.4 Å². The summed E-state index contributed by atoms with van der Waals surface area (Å²) in [4.78, 5) is 0. The maximum atomic E-state index is 3.65. The van der Waals surface area contributed by atoms with Gasteiger partial charge in [-0.1, -0.05) is 80.7 Å². The normalized spacial score (nSPS) is 11.9. The van der Waals surface area contributed by atoms with Crippen LogP contribution < -0.4 is 0 Å². The van der Waals surface area contributed by atoms with Gasteiger partial charge in [0.25, 0.3) is 0 Å². The number of rotatable bonds is 3. The fraction of sp³-hybridized carbons (Fsp3) is 0.538. The predicted octanol–water partition coefficient (Wildman–Crippen LogP) is 5.67. The summed E-state index contributed by atoms with van der Waals surface area (Å²) in [6.07, 6.45) is 3.21. The van der Waals surface area contributed by atoms with Gasteiger partial charge in [0.15, 0.2) is 2.14 Å². The number of hydrogen-bond acceptors (Lipinski definition) is 0. The van der Waals surface area contributed by atoms with Gasteiger partial charge in [-0.2, -0.15) is 0 Å². The predicted molar refractivity (Wildman–Crippen MR) is 83.0 cm³/mol. The minimum atomic E-state index is -0.296. The lowest BCUT2D eigenvalue weighted by molar-refractivity contribution is 0.999. The SMILES string of the molecule is CCc1cc(CC)c(C(Br)(Br)Br)c(CC)c1. The second kappa shape index (κ2) is 6.01. The molecule has 0 nitrogen and oxygen atoms in total. The van der Waals surface area contributed by atoms with Crippen LogP contribution in [-0.4, -0.2) is 0 Å². The first-order valence-corrected chi connectivity index (χ1v) is 8.03. The van der Waals surface area contributed by atoms with Crippen molar-refractivity contribution in [3.8, 4) is 0 Å². The topological polar surface area (TPSA) is 0 Å². The standard InChI is InChI=1S/C13H17Br3/c1-4-9-7-10(5-2)12(13(14,15)16)11(6-3)8-9/h7-8H,4-6H2,1-3H3. The lowest BCUT2D eigenvalue weighted by Crippen LogP contribution is -2.09. The number of alkyl halides is 3. The van der Waals surface area contributed by atoms with E-state index in [0.29, 0.717) is 0 Å². The van der Waals surface area contributed by atoms with E-state index in [0.717, 1.165) is 19.3 Å². The molecule has 3 heteroatoms. The highest BCUT2D eigenvalue weighted by Crippen LogP contribution is 2.47. The van der Waals surface area contributed by atoms with Crippen LogP contribution >= 0.6 is 47.8 Å². The minimum absolute atomic E-state index is 0.296. The zero-order chi connectivity index (χ0) is 12.3. The number of aryl methyl sites for hydroxylation is 3. The van der Waals surface area contributed by atoms with E-state index in [1.807, 2.05) is 0 Å². The van der Waals surface area contributed by atoms with Gasteiger partial charge in [-0.05, 0) is 41.5 Å². The van der Waals surface area contributed by atoms with Gasteiger partial charge in [0.1, 0.15) is 0 Å². The van der Waals surface area contributed by atoms with Crippen LogP contribution in [0.1, 0.15) is 43.0 Å². The number of benzene rings is 1. The van der Waals surface area contributed by atoms with Crippen molar-refractivity contribution in [2.75, 3.05) is 0 Å². The molecule has 1 aromatic carbocycles. The van der Waals surface area contributed by atoms with Gasteiger partial charge in [-0.25, -0.2) is 0 Å². The van der Waals surface area contributed by atoms with Crippen LogP contribution in [0.25, 0.3) is 0 Å². The molecule has 0 heterocycles. The molecule has 0 N–H and O–H groups in total. The van der Waals surface area contributed by atoms with Crippen molar-refractivity contribution in [3.05, 3.63) is 34.4 Å². The molecular weight excluding hydrogens is 396 g/mol. The van der Waals surface area contributed by atoms with E-state index in [1.54, 1.807) is 0 Å². The van der Waals surface area contributed by atoms with Gasteiger partial charge < -0.3 is 0 Å². The highest BCUT2D eigenvalue weighted by Gasteiger charge is 2.26. The van der Waals surface area contributed by atoms with E-state index in [1.165, 1.54) is 22.3 Å². The zero-order valence-electron chi connectivity index (χ0n) is 9.91. The molecule has 0 atom stereocenters. The second-order valence-electron chi connectivity index (χ2n) is 3.85. The highest BCUT2D eigenvalue weighted by molar-refractivity contribution is 9.38. The van der Waals surface area contributed by atoms with Crippen molar-refractivity contribution in [2.24, 2.45) is 0 Å². The lowest BCUT2D eigenvalue weighted by Gasteiger charge is -2.22. The average molecular weight is 413 g/mol. The Balaban J connectivity index is 3.44. The van der Waals surface area contributed by atoms with Gasteiger partial charge in [0.05, 0.1) is 0 Å². The Morgan fingerprint density at radius 2 is 1.31 bits per heavy atom. The Morgan fingerprint density at radius 1 is 0.875 bits per heavy atom. The van der Waals surface area contributed by atoms with Crippen LogP contribution in [0.2, 0.25) is 0 Å². The summed E-state index contributed by atoms with van der Waals surface area (Å²) in [6.45, 7) is 6.62. The van der Waals surface area contributed by atoms with Gasteiger partial charge in [0, 0.05) is 0 Å². The summed E-state index contributed by atoms with van der Waals surface area (Å²) in [7, 11) is 0. The molecule has 0 aromatic heterocycles. The molecule has 0 aliphatic carbocycles. The van der Waals surface area contributed by atoms with Crippen LogP contribution in [0.3, 0.4) is 0 Å². The third kappa shape index (κ3) is 3.33. The van der Waals surface area contributed by atoms with E-state index in [9.17, 15) is 0 Å². The van der Waals surface area contributed by atoms with Crippen LogP contribution in [0.5, 0.6) is 0 Å².